The van der Waals surface area contributed by atoms with Gasteiger partial charge < -0.3 is 19.5 Å². The molecule has 2 aromatic rings. The third kappa shape index (κ3) is 5.82. The van der Waals surface area contributed by atoms with E-state index in [1.165, 1.54) is 29.6 Å². The van der Waals surface area contributed by atoms with Gasteiger partial charge in [-0.3, -0.25) is 4.79 Å². The maximum atomic E-state index is 12.9. The third-order valence-electron chi connectivity index (χ3n) is 4.97. The van der Waals surface area contributed by atoms with E-state index in [-0.39, 0.29) is 23.5 Å². The first-order valence-corrected chi connectivity index (χ1v) is 11.6. The lowest BCUT2D eigenvalue weighted by molar-refractivity contribution is 0.0730. The van der Waals surface area contributed by atoms with Crippen molar-refractivity contribution < 1.29 is 27.4 Å². The Bertz CT molecular complexity index is 986. The summed E-state index contributed by atoms with van der Waals surface area (Å²) in [5.74, 6) is -0.0974. The highest BCUT2D eigenvalue weighted by atomic mass is 32.2. The van der Waals surface area contributed by atoms with Crippen LogP contribution in [0.1, 0.15) is 28.4 Å². The van der Waals surface area contributed by atoms with E-state index in [9.17, 15) is 13.2 Å². The normalized spacial score (nSPS) is 14.9. The number of nitrogens with one attached hydrogen (secondary N) is 1. The van der Waals surface area contributed by atoms with Crippen molar-refractivity contribution in [3.8, 4) is 5.75 Å². The molecule has 3 rings (SSSR count). The Morgan fingerprint density at radius 1 is 1.10 bits per heavy atom. The maximum Gasteiger partial charge on any atom is 0.255 e. The van der Waals surface area contributed by atoms with E-state index < -0.39 is 15.9 Å². The molecule has 1 aliphatic rings. The summed E-state index contributed by atoms with van der Waals surface area (Å²) in [4.78, 5) is 12.9. The van der Waals surface area contributed by atoms with Crippen LogP contribution < -0.4 is 10.1 Å². The Morgan fingerprint density at radius 3 is 2.42 bits per heavy atom. The van der Waals surface area contributed by atoms with Crippen LogP contribution in [0, 0.1) is 0 Å². The van der Waals surface area contributed by atoms with Crippen LogP contribution in [0.15, 0.2) is 47.4 Å². The van der Waals surface area contributed by atoms with Gasteiger partial charge in [0.15, 0.2) is 0 Å². The van der Waals surface area contributed by atoms with Crippen LogP contribution in [-0.4, -0.2) is 58.7 Å². The first-order chi connectivity index (χ1) is 15.0. The summed E-state index contributed by atoms with van der Waals surface area (Å²) in [7, 11) is -2.27. The average molecular weight is 449 g/mol. The summed E-state index contributed by atoms with van der Waals surface area (Å²) in [6.45, 7) is 4.73. The second-order valence-electron chi connectivity index (χ2n) is 7.01. The highest BCUT2D eigenvalue weighted by molar-refractivity contribution is 7.89. The molecule has 2 aromatic carbocycles. The molecule has 0 spiro atoms. The largest absolute Gasteiger partial charge is 0.496 e. The van der Waals surface area contributed by atoms with Crippen LogP contribution in [0.4, 0.5) is 0 Å². The van der Waals surface area contributed by atoms with Gasteiger partial charge in [0.25, 0.3) is 5.91 Å². The number of nitrogens with zero attached hydrogens (tertiary/aromatic N) is 1. The molecule has 0 unspecified atom stereocenters. The molecule has 1 heterocycles. The standard InChI is InChI=1S/C22H28N2O6S/c1-3-29-16-18-6-4-17(5-7-18)15-23-22(25)20-14-19(8-9-21(20)28-2)31(26,27)24-10-12-30-13-11-24/h4-9,14H,3,10-13,15-16H2,1-2H3,(H,23,25). The van der Waals surface area contributed by atoms with Crippen molar-refractivity contribution in [2.45, 2.75) is 25.0 Å². The molecular formula is C22H28N2O6S. The summed E-state index contributed by atoms with van der Waals surface area (Å²) in [6.07, 6.45) is 0. The first kappa shape index (κ1) is 23.2. The zero-order valence-electron chi connectivity index (χ0n) is 17.8. The van der Waals surface area contributed by atoms with E-state index in [0.29, 0.717) is 38.7 Å². The van der Waals surface area contributed by atoms with Gasteiger partial charge in [-0.25, -0.2) is 8.42 Å². The minimum Gasteiger partial charge on any atom is -0.496 e. The number of hydrogen-bond acceptors (Lipinski definition) is 6. The number of rotatable bonds is 9. The molecule has 1 saturated heterocycles. The van der Waals surface area contributed by atoms with Crippen LogP contribution >= 0.6 is 0 Å². The molecule has 0 atom stereocenters. The monoisotopic (exact) mass is 448 g/mol. The van der Waals surface area contributed by atoms with Crippen molar-refractivity contribution in [1.82, 2.24) is 9.62 Å². The number of amides is 1. The fourth-order valence-electron chi connectivity index (χ4n) is 3.21. The summed E-state index contributed by atoms with van der Waals surface area (Å²) in [5, 5.41) is 2.83. The zero-order valence-corrected chi connectivity index (χ0v) is 18.6. The predicted octanol–water partition coefficient (Wildman–Crippen LogP) is 2.18. The summed E-state index contributed by atoms with van der Waals surface area (Å²) >= 11 is 0. The van der Waals surface area contributed by atoms with E-state index >= 15 is 0 Å². The third-order valence-corrected chi connectivity index (χ3v) is 6.87. The molecule has 0 bridgehead atoms. The molecule has 1 amide bonds. The van der Waals surface area contributed by atoms with Crippen molar-refractivity contribution in [2.75, 3.05) is 40.0 Å². The van der Waals surface area contributed by atoms with Gasteiger partial charge in [-0.15, -0.1) is 0 Å². The molecule has 0 saturated carbocycles. The average Bonchev–Trinajstić information content (AvgIpc) is 2.82. The number of hydrogen-bond donors (Lipinski definition) is 1. The molecule has 0 aliphatic carbocycles. The maximum absolute atomic E-state index is 12.9. The molecule has 0 aromatic heterocycles. The summed E-state index contributed by atoms with van der Waals surface area (Å²) in [5.41, 5.74) is 2.15. The van der Waals surface area contributed by atoms with E-state index in [0.717, 1.165) is 11.1 Å². The molecule has 1 fully saturated rings. The highest BCUT2D eigenvalue weighted by Crippen LogP contribution is 2.25. The summed E-state index contributed by atoms with van der Waals surface area (Å²) < 4.78 is 43.1. The fraction of sp³-hybridized carbons (Fsp3) is 0.409. The van der Waals surface area contributed by atoms with Crippen molar-refractivity contribution in [1.29, 1.82) is 0 Å². The Labute approximate surface area is 183 Å². The first-order valence-electron chi connectivity index (χ1n) is 10.2. The molecule has 1 aliphatic heterocycles. The topological polar surface area (TPSA) is 94.2 Å². The van der Waals surface area contributed by atoms with Gasteiger partial charge >= 0.3 is 0 Å². The molecule has 8 nitrogen and oxygen atoms in total. The van der Waals surface area contributed by atoms with E-state index in [4.69, 9.17) is 14.2 Å². The second kappa shape index (κ2) is 10.7. The van der Waals surface area contributed by atoms with Gasteiger partial charge in [-0.2, -0.15) is 4.31 Å². The smallest absolute Gasteiger partial charge is 0.255 e. The van der Waals surface area contributed by atoms with Gasteiger partial charge in [-0.1, -0.05) is 24.3 Å². The quantitative estimate of drug-likeness (QED) is 0.632. The highest BCUT2D eigenvalue weighted by Gasteiger charge is 2.28. The number of benzene rings is 2. The molecular weight excluding hydrogens is 420 g/mol. The van der Waals surface area contributed by atoms with Gasteiger partial charge in [0.05, 0.1) is 37.4 Å². The van der Waals surface area contributed by atoms with Crippen LogP contribution in [0.25, 0.3) is 0 Å². The van der Waals surface area contributed by atoms with Gasteiger partial charge in [0.1, 0.15) is 5.75 Å². The Kier molecular flexibility index (Phi) is 8.03. The van der Waals surface area contributed by atoms with Crippen LogP contribution in [0.5, 0.6) is 5.75 Å². The number of carbonyl (C=O) groups excluding carboxylic acids is 1. The molecule has 0 radical (unpaired) electrons. The lowest BCUT2D eigenvalue weighted by Crippen LogP contribution is -2.40. The molecule has 168 valence electrons. The van der Waals surface area contributed by atoms with E-state index in [2.05, 4.69) is 5.32 Å². The van der Waals surface area contributed by atoms with Gasteiger partial charge in [0, 0.05) is 26.2 Å². The molecule has 9 heteroatoms. The minimum absolute atomic E-state index is 0.0561. The van der Waals surface area contributed by atoms with Gasteiger partial charge in [0.2, 0.25) is 10.0 Å². The SMILES string of the molecule is CCOCc1ccc(CNC(=O)c2cc(S(=O)(=O)N3CCOCC3)ccc2OC)cc1. The van der Waals surface area contributed by atoms with Crippen LogP contribution in [0.2, 0.25) is 0 Å². The number of carbonyl (C=O) groups is 1. The lowest BCUT2D eigenvalue weighted by Gasteiger charge is -2.26. The lowest BCUT2D eigenvalue weighted by atomic mass is 10.1. The van der Waals surface area contributed by atoms with E-state index in [1.807, 2.05) is 31.2 Å². The molecule has 31 heavy (non-hydrogen) atoms. The van der Waals surface area contributed by atoms with Crippen molar-refractivity contribution >= 4 is 15.9 Å². The fourth-order valence-corrected chi connectivity index (χ4v) is 4.65. The van der Waals surface area contributed by atoms with E-state index in [1.54, 1.807) is 0 Å². The van der Waals surface area contributed by atoms with Crippen molar-refractivity contribution in [3.63, 3.8) is 0 Å². The number of morpholine rings is 1. The predicted molar refractivity (Wildman–Crippen MR) is 116 cm³/mol. The van der Waals surface area contributed by atoms with Crippen LogP contribution in [0.3, 0.4) is 0 Å². The summed E-state index contributed by atoms with van der Waals surface area (Å²) in [6, 6.07) is 12.1. The Morgan fingerprint density at radius 2 is 1.77 bits per heavy atom. The number of ether oxygens (including phenoxy) is 3. The van der Waals surface area contributed by atoms with Crippen molar-refractivity contribution in [3.05, 3.63) is 59.2 Å². The zero-order chi connectivity index (χ0) is 22.3. The van der Waals surface area contributed by atoms with Crippen LogP contribution in [-0.2, 0) is 32.6 Å². The Balaban J connectivity index is 1.73. The Hall–Kier alpha value is -2.46. The number of sulfonamides is 1. The second-order valence-corrected chi connectivity index (χ2v) is 8.95. The van der Waals surface area contributed by atoms with Crippen molar-refractivity contribution in [2.24, 2.45) is 0 Å². The number of methoxy groups -OCH3 is 1. The van der Waals surface area contributed by atoms with Gasteiger partial charge in [-0.05, 0) is 36.2 Å². The molecule has 1 N–H and O–H groups in total. The minimum atomic E-state index is -3.72.